The molecule has 3 heteroatoms. The van der Waals surface area contributed by atoms with Gasteiger partial charge in [0.2, 0.25) is 0 Å². The SMILES string of the molecule is NC1CC(c2ccsc2)Oc2ccccc21. The lowest BCUT2D eigenvalue weighted by Gasteiger charge is -2.29. The fourth-order valence-electron chi connectivity index (χ4n) is 2.12. The number of fused-ring (bicyclic) bond motifs is 1. The molecule has 0 radical (unpaired) electrons. The number of rotatable bonds is 1. The summed E-state index contributed by atoms with van der Waals surface area (Å²) in [6.45, 7) is 0. The van der Waals surface area contributed by atoms with Crippen LogP contribution in [0.3, 0.4) is 0 Å². The summed E-state index contributed by atoms with van der Waals surface area (Å²) >= 11 is 1.69. The first kappa shape index (κ1) is 9.87. The third-order valence-corrected chi connectivity index (χ3v) is 3.67. The number of para-hydroxylation sites is 1. The Morgan fingerprint density at radius 3 is 2.94 bits per heavy atom. The average molecular weight is 231 g/mol. The van der Waals surface area contributed by atoms with Gasteiger partial charge in [-0.15, -0.1) is 0 Å². The molecule has 2 N–H and O–H groups in total. The lowest BCUT2D eigenvalue weighted by Crippen LogP contribution is -2.23. The van der Waals surface area contributed by atoms with Crippen molar-refractivity contribution in [2.75, 3.05) is 0 Å². The molecule has 0 aliphatic carbocycles. The molecule has 1 aliphatic rings. The Bertz CT molecular complexity index is 480. The van der Waals surface area contributed by atoms with Crippen molar-refractivity contribution in [3.63, 3.8) is 0 Å². The summed E-state index contributed by atoms with van der Waals surface area (Å²) in [7, 11) is 0. The van der Waals surface area contributed by atoms with Gasteiger partial charge >= 0.3 is 0 Å². The van der Waals surface area contributed by atoms with E-state index in [9.17, 15) is 0 Å². The van der Waals surface area contributed by atoms with Crippen molar-refractivity contribution in [3.8, 4) is 5.75 Å². The molecule has 2 nitrogen and oxygen atoms in total. The molecule has 2 heterocycles. The van der Waals surface area contributed by atoms with Crippen LogP contribution in [0.4, 0.5) is 0 Å². The summed E-state index contributed by atoms with van der Waals surface area (Å²) in [6, 6.07) is 10.2. The van der Waals surface area contributed by atoms with E-state index in [1.54, 1.807) is 11.3 Å². The van der Waals surface area contributed by atoms with E-state index in [0.717, 1.165) is 17.7 Å². The third-order valence-electron chi connectivity index (χ3n) is 2.97. The van der Waals surface area contributed by atoms with Crippen LogP contribution in [0.5, 0.6) is 5.75 Å². The van der Waals surface area contributed by atoms with Gasteiger partial charge in [-0.2, -0.15) is 11.3 Å². The number of ether oxygens (including phenoxy) is 1. The van der Waals surface area contributed by atoms with Crippen LogP contribution in [0, 0.1) is 0 Å². The van der Waals surface area contributed by atoms with Crippen molar-refractivity contribution in [1.82, 2.24) is 0 Å². The van der Waals surface area contributed by atoms with Crippen LogP contribution in [0.15, 0.2) is 41.1 Å². The topological polar surface area (TPSA) is 35.2 Å². The summed E-state index contributed by atoms with van der Waals surface area (Å²) in [5.41, 5.74) is 8.52. The second-order valence-corrected chi connectivity index (χ2v) is 4.82. The molecular weight excluding hydrogens is 218 g/mol. The highest BCUT2D eigenvalue weighted by atomic mass is 32.1. The van der Waals surface area contributed by atoms with Gasteiger partial charge in [0.1, 0.15) is 11.9 Å². The van der Waals surface area contributed by atoms with Gasteiger partial charge < -0.3 is 10.5 Å². The minimum atomic E-state index is 0.0786. The zero-order valence-electron chi connectivity index (χ0n) is 8.80. The Kier molecular flexibility index (Phi) is 2.42. The second-order valence-electron chi connectivity index (χ2n) is 4.04. The third kappa shape index (κ3) is 1.62. The molecule has 0 spiro atoms. The van der Waals surface area contributed by atoms with Crippen molar-refractivity contribution < 1.29 is 4.74 Å². The minimum Gasteiger partial charge on any atom is -0.485 e. The first-order valence-electron chi connectivity index (χ1n) is 5.38. The Morgan fingerprint density at radius 2 is 2.12 bits per heavy atom. The maximum Gasteiger partial charge on any atom is 0.126 e. The standard InChI is InChI=1S/C13H13NOS/c14-11-7-13(9-5-6-16-8-9)15-12-4-2-1-3-10(11)12/h1-6,8,11,13H,7,14H2. The highest BCUT2D eigenvalue weighted by Gasteiger charge is 2.26. The molecule has 82 valence electrons. The van der Waals surface area contributed by atoms with Gasteiger partial charge in [0.25, 0.3) is 0 Å². The monoisotopic (exact) mass is 231 g/mol. The second kappa shape index (κ2) is 3.92. The van der Waals surface area contributed by atoms with Gasteiger partial charge in [-0.05, 0) is 22.9 Å². The van der Waals surface area contributed by atoms with Gasteiger partial charge in [-0.25, -0.2) is 0 Å². The van der Waals surface area contributed by atoms with Crippen LogP contribution in [-0.4, -0.2) is 0 Å². The molecule has 1 aliphatic heterocycles. The molecule has 0 saturated carbocycles. The summed E-state index contributed by atoms with van der Waals surface area (Å²) in [4.78, 5) is 0. The van der Waals surface area contributed by atoms with Crippen molar-refractivity contribution in [3.05, 3.63) is 52.2 Å². The van der Waals surface area contributed by atoms with E-state index in [1.165, 1.54) is 5.56 Å². The van der Waals surface area contributed by atoms with Crippen molar-refractivity contribution >= 4 is 11.3 Å². The van der Waals surface area contributed by atoms with Gasteiger partial charge in [-0.3, -0.25) is 0 Å². The Balaban J connectivity index is 1.95. The highest BCUT2D eigenvalue weighted by molar-refractivity contribution is 7.07. The number of hydrogen-bond acceptors (Lipinski definition) is 3. The Hall–Kier alpha value is -1.32. The molecule has 0 fully saturated rings. The van der Waals surface area contributed by atoms with Crippen LogP contribution in [0.2, 0.25) is 0 Å². The lowest BCUT2D eigenvalue weighted by molar-refractivity contribution is 0.162. The molecule has 0 saturated heterocycles. The highest BCUT2D eigenvalue weighted by Crippen LogP contribution is 2.39. The van der Waals surface area contributed by atoms with Crippen LogP contribution in [0.1, 0.15) is 29.7 Å². The van der Waals surface area contributed by atoms with E-state index in [0.29, 0.717) is 0 Å². The fourth-order valence-corrected chi connectivity index (χ4v) is 2.82. The maximum absolute atomic E-state index is 6.17. The zero-order valence-corrected chi connectivity index (χ0v) is 9.61. The van der Waals surface area contributed by atoms with E-state index < -0.39 is 0 Å². The van der Waals surface area contributed by atoms with Crippen LogP contribution in [-0.2, 0) is 0 Å². The largest absolute Gasteiger partial charge is 0.485 e. The molecular formula is C13H13NOS. The fraction of sp³-hybridized carbons (Fsp3) is 0.231. The van der Waals surface area contributed by atoms with E-state index in [-0.39, 0.29) is 12.1 Å². The first-order chi connectivity index (χ1) is 7.84. The van der Waals surface area contributed by atoms with Crippen molar-refractivity contribution in [2.24, 2.45) is 5.73 Å². The number of hydrogen-bond donors (Lipinski definition) is 1. The molecule has 2 unspecified atom stereocenters. The maximum atomic E-state index is 6.17. The van der Waals surface area contributed by atoms with Gasteiger partial charge in [-0.1, -0.05) is 18.2 Å². The van der Waals surface area contributed by atoms with Crippen LogP contribution < -0.4 is 10.5 Å². The smallest absolute Gasteiger partial charge is 0.126 e. The molecule has 16 heavy (non-hydrogen) atoms. The summed E-state index contributed by atoms with van der Waals surface area (Å²) in [5.74, 6) is 0.928. The van der Waals surface area contributed by atoms with Gasteiger partial charge in [0.15, 0.2) is 0 Å². The normalized spacial score (nSPS) is 23.6. The number of benzene rings is 1. The predicted molar refractivity (Wildman–Crippen MR) is 65.7 cm³/mol. The zero-order chi connectivity index (χ0) is 11.0. The van der Waals surface area contributed by atoms with E-state index >= 15 is 0 Å². The van der Waals surface area contributed by atoms with E-state index in [2.05, 4.69) is 16.8 Å². The number of nitrogens with two attached hydrogens (primary N) is 1. The lowest BCUT2D eigenvalue weighted by atomic mass is 9.95. The molecule has 2 atom stereocenters. The molecule has 1 aromatic carbocycles. The summed E-state index contributed by atoms with van der Waals surface area (Å²) in [6.07, 6.45) is 0.962. The summed E-state index contributed by atoms with van der Waals surface area (Å²) in [5, 5.41) is 4.20. The quantitative estimate of drug-likeness (QED) is 0.817. The van der Waals surface area contributed by atoms with Crippen molar-refractivity contribution in [2.45, 2.75) is 18.6 Å². The number of thiophene rings is 1. The van der Waals surface area contributed by atoms with Gasteiger partial charge in [0.05, 0.1) is 0 Å². The Morgan fingerprint density at radius 1 is 1.25 bits per heavy atom. The Labute approximate surface area is 98.7 Å². The van der Waals surface area contributed by atoms with Crippen LogP contribution in [0.25, 0.3) is 0 Å². The first-order valence-corrected chi connectivity index (χ1v) is 6.32. The van der Waals surface area contributed by atoms with E-state index in [1.807, 2.05) is 24.3 Å². The summed E-state index contributed by atoms with van der Waals surface area (Å²) < 4.78 is 5.97. The van der Waals surface area contributed by atoms with Crippen LogP contribution >= 0.6 is 11.3 Å². The molecule has 3 rings (SSSR count). The molecule has 0 amide bonds. The molecule has 2 aromatic rings. The van der Waals surface area contributed by atoms with Crippen molar-refractivity contribution in [1.29, 1.82) is 0 Å². The van der Waals surface area contributed by atoms with Gasteiger partial charge in [0, 0.05) is 23.6 Å². The predicted octanol–water partition coefficient (Wildman–Crippen LogP) is 3.27. The minimum absolute atomic E-state index is 0.0786. The van der Waals surface area contributed by atoms with E-state index in [4.69, 9.17) is 10.5 Å². The molecule has 0 bridgehead atoms. The average Bonchev–Trinajstić information content (AvgIpc) is 2.82. The molecule has 1 aromatic heterocycles.